The summed E-state index contributed by atoms with van der Waals surface area (Å²) in [6.45, 7) is 4.94. The van der Waals surface area contributed by atoms with Crippen LogP contribution in [0.4, 0.5) is 0 Å². The molecule has 2 atom stereocenters. The average Bonchev–Trinajstić information content (AvgIpc) is 3.24. The van der Waals surface area contributed by atoms with Crippen LogP contribution in [-0.4, -0.2) is 47.4 Å². The van der Waals surface area contributed by atoms with E-state index in [-0.39, 0.29) is 18.5 Å². The molecule has 0 bridgehead atoms. The molecule has 0 heterocycles. The van der Waals surface area contributed by atoms with Crippen LogP contribution in [-0.2, 0) is 14.3 Å². The van der Waals surface area contributed by atoms with Crippen molar-refractivity contribution in [2.75, 3.05) is 13.2 Å². The van der Waals surface area contributed by atoms with Crippen LogP contribution in [0.1, 0.15) is 303 Å². The number of ether oxygens (including phenoxy) is 1. The Kier molecular flexibility index (Phi) is 48.6. The smallest absolute Gasteiger partial charge is 0.305 e. The van der Waals surface area contributed by atoms with Crippen molar-refractivity contribution in [3.05, 3.63) is 0 Å². The summed E-state index contributed by atoms with van der Waals surface area (Å²) in [5, 5.41) is 23.2. The zero-order valence-electron chi connectivity index (χ0n) is 40.0. The Bertz CT molecular complexity index is 837. The van der Waals surface area contributed by atoms with Crippen LogP contribution >= 0.6 is 0 Å². The summed E-state index contributed by atoms with van der Waals surface area (Å²) in [6.07, 6.45) is 55.0. The molecule has 0 aliphatic heterocycles. The lowest BCUT2D eigenvalue weighted by atomic mass is 10.0. The Morgan fingerprint density at radius 3 is 1.03 bits per heavy atom. The SMILES string of the molecule is CCCCCCCCCCCCCCCCCC(=O)OCCCCCCCCCCCCCCC(=O)NC(CO)C(O)CCCCCCCCCCCCCCCCC. The molecule has 3 N–H and O–H groups in total. The van der Waals surface area contributed by atoms with Gasteiger partial charge in [-0.25, -0.2) is 0 Å². The zero-order valence-corrected chi connectivity index (χ0v) is 40.0. The second kappa shape index (κ2) is 49.5. The summed E-state index contributed by atoms with van der Waals surface area (Å²) in [7, 11) is 0. The van der Waals surface area contributed by atoms with E-state index in [1.807, 2.05) is 0 Å². The minimum absolute atomic E-state index is 0.00553. The Morgan fingerprint density at radius 1 is 0.407 bits per heavy atom. The molecule has 6 nitrogen and oxygen atoms in total. The van der Waals surface area contributed by atoms with Crippen LogP contribution in [0.2, 0.25) is 0 Å². The van der Waals surface area contributed by atoms with E-state index in [1.54, 1.807) is 0 Å². The molecule has 0 aromatic heterocycles. The molecule has 0 fully saturated rings. The molecular weight excluding hydrogens is 731 g/mol. The lowest BCUT2D eigenvalue weighted by molar-refractivity contribution is -0.143. The van der Waals surface area contributed by atoms with E-state index in [9.17, 15) is 19.8 Å². The molecule has 1 amide bonds. The van der Waals surface area contributed by atoms with Gasteiger partial charge in [0.25, 0.3) is 0 Å². The fourth-order valence-electron chi connectivity index (χ4n) is 8.52. The number of aliphatic hydroxyl groups excluding tert-OH is 2. The maximum atomic E-state index is 12.5. The number of rotatable bonds is 50. The first-order chi connectivity index (χ1) is 29.0. The van der Waals surface area contributed by atoms with Gasteiger partial charge in [-0.3, -0.25) is 9.59 Å². The Labute approximate surface area is 368 Å². The van der Waals surface area contributed by atoms with E-state index in [0.29, 0.717) is 25.9 Å². The third-order valence-corrected chi connectivity index (χ3v) is 12.7. The highest BCUT2D eigenvalue weighted by Gasteiger charge is 2.20. The molecule has 352 valence electrons. The molecular formula is C53H105NO5. The van der Waals surface area contributed by atoms with Crippen LogP contribution in [0, 0.1) is 0 Å². The molecule has 0 aliphatic rings. The number of amides is 1. The average molecular weight is 836 g/mol. The second-order valence-electron chi connectivity index (χ2n) is 18.6. The van der Waals surface area contributed by atoms with Gasteiger partial charge >= 0.3 is 5.97 Å². The first kappa shape index (κ1) is 57.9. The van der Waals surface area contributed by atoms with Crippen LogP contribution in [0.3, 0.4) is 0 Å². The van der Waals surface area contributed by atoms with Gasteiger partial charge in [0.15, 0.2) is 0 Å². The van der Waals surface area contributed by atoms with Gasteiger partial charge in [0.05, 0.1) is 25.4 Å². The quantitative estimate of drug-likeness (QED) is 0.0419. The third-order valence-electron chi connectivity index (χ3n) is 12.7. The summed E-state index contributed by atoms with van der Waals surface area (Å²) in [4.78, 5) is 24.5. The van der Waals surface area contributed by atoms with E-state index in [2.05, 4.69) is 19.2 Å². The molecule has 0 aliphatic carbocycles. The van der Waals surface area contributed by atoms with Gasteiger partial charge in [0, 0.05) is 12.8 Å². The molecule has 0 spiro atoms. The zero-order chi connectivity index (χ0) is 43.0. The number of carbonyl (C=O) groups excluding carboxylic acids is 2. The number of carbonyl (C=O) groups is 2. The van der Waals surface area contributed by atoms with Gasteiger partial charge in [-0.2, -0.15) is 0 Å². The third kappa shape index (κ3) is 46.2. The van der Waals surface area contributed by atoms with Crippen molar-refractivity contribution in [2.45, 2.75) is 315 Å². The number of unbranched alkanes of at least 4 members (excludes halogenated alkanes) is 39. The highest BCUT2D eigenvalue weighted by molar-refractivity contribution is 5.76. The molecule has 0 aromatic rings. The van der Waals surface area contributed by atoms with Gasteiger partial charge in [0.2, 0.25) is 5.91 Å². The summed E-state index contributed by atoms with van der Waals surface area (Å²) in [6, 6.07) is -0.551. The highest BCUT2D eigenvalue weighted by atomic mass is 16.5. The first-order valence-corrected chi connectivity index (χ1v) is 26.8. The van der Waals surface area contributed by atoms with Crippen molar-refractivity contribution in [1.29, 1.82) is 0 Å². The molecule has 59 heavy (non-hydrogen) atoms. The molecule has 0 radical (unpaired) electrons. The van der Waals surface area contributed by atoms with Crippen LogP contribution < -0.4 is 5.32 Å². The predicted octanol–water partition coefficient (Wildman–Crippen LogP) is 16.0. The largest absolute Gasteiger partial charge is 0.466 e. The Morgan fingerprint density at radius 2 is 0.695 bits per heavy atom. The van der Waals surface area contributed by atoms with Crippen LogP contribution in [0.5, 0.6) is 0 Å². The summed E-state index contributed by atoms with van der Waals surface area (Å²) in [5.74, 6) is -0.0535. The molecule has 6 heteroatoms. The molecule has 0 saturated heterocycles. The van der Waals surface area contributed by atoms with Gasteiger partial charge in [-0.1, -0.05) is 264 Å². The lowest BCUT2D eigenvalue weighted by Crippen LogP contribution is -2.45. The van der Waals surface area contributed by atoms with Crippen LogP contribution in [0.15, 0.2) is 0 Å². The van der Waals surface area contributed by atoms with E-state index in [0.717, 1.165) is 57.8 Å². The standard InChI is InChI=1S/C53H105NO5/c1-3-5-7-9-11-13-15-17-19-21-25-29-33-37-41-45-51(56)50(49-55)54-52(57)46-42-38-34-30-26-23-24-28-32-36-40-44-48-59-53(58)47-43-39-35-31-27-22-20-18-16-14-12-10-8-6-4-2/h50-51,55-56H,3-49H2,1-2H3,(H,54,57). The number of nitrogens with one attached hydrogen (secondary N) is 1. The monoisotopic (exact) mass is 836 g/mol. The van der Waals surface area contributed by atoms with E-state index in [4.69, 9.17) is 4.74 Å². The maximum Gasteiger partial charge on any atom is 0.305 e. The van der Waals surface area contributed by atoms with Crippen molar-refractivity contribution in [3.8, 4) is 0 Å². The number of hydrogen-bond acceptors (Lipinski definition) is 5. The minimum Gasteiger partial charge on any atom is -0.466 e. The minimum atomic E-state index is -0.672. The molecule has 0 rings (SSSR count). The van der Waals surface area contributed by atoms with Gasteiger partial charge in [-0.15, -0.1) is 0 Å². The molecule has 0 aromatic carbocycles. The number of esters is 1. The first-order valence-electron chi connectivity index (χ1n) is 26.8. The summed E-state index contributed by atoms with van der Waals surface area (Å²) >= 11 is 0. The van der Waals surface area contributed by atoms with Gasteiger partial charge < -0.3 is 20.3 Å². The van der Waals surface area contributed by atoms with Crippen molar-refractivity contribution >= 4 is 11.9 Å². The lowest BCUT2D eigenvalue weighted by Gasteiger charge is -2.22. The van der Waals surface area contributed by atoms with Gasteiger partial charge in [-0.05, 0) is 25.7 Å². The normalized spacial score (nSPS) is 12.5. The Balaban J connectivity index is 3.43. The number of aliphatic hydroxyl groups is 2. The molecule has 2 unspecified atom stereocenters. The van der Waals surface area contributed by atoms with E-state index < -0.39 is 12.1 Å². The molecule has 0 saturated carbocycles. The summed E-state index contributed by atoms with van der Waals surface area (Å²) < 4.78 is 5.47. The Hall–Kier alpha value is -1.14. The highest BCUT2D eigenvalue weighted by Crippen LogP contribution is 2.17. The summed E-state index contributed by atoms with van der Waals surface area (Å²) in [5.41, 5.74) is 0. The van der Waals surface area contributed by atoms with E-state index in [1.165, 1.54) is 212 Å². The second-order valence-corrected chi connectivity index (χ2v) is 18.6. The topological polar surface area (TPSA) is 95.9 Å². The van der Waals surface area contributed by atoms with Crippen molar-refractivity contribution in [2.24, 2.45) is 0 Å². The predicted molar refractivity (Wildman–Crippen MR) is 255 cm³/mol. The van der Waals surface area contributed by atoms with Crippen molar-refractivity contribution in [3.63, 3.8) is 0 Å². The van der Waals surface area contributed by atoms with Gasteiger partial charge in [0.1, 0.15) is 0 Å². The van der Waals surface area contributed by atoms with Crippen molar-refractivity contribution < 1.29 is 24.5 Å². The fraction of sp³-hybridized carbons (Fsp3) is 0.962. The fourth-order valence-corrected chi connectivity index (χ4v) is 8.52. The van der Waals surface area contributed by atoms with Crippen LogP contribution in [0.25, 0.3) is 0 Å². The number of hydrogen-bond donors (Lipinski definition) is 3. The van der Waals surface area contributed by atoms with Crippen molar-refractivity contribution in [1.82, 2.24) is 5.32 Å². The maximum absolute atomic E-state index is 12.5. The van der Waals surface area contributed by atoms with E-state index >= 15 is 0 Å².